The molecule has 0 aromatic heterocycles. The fourth-order valence-electron chi connectivity index (χ4n) is 2.05. The van der Waals surface area contributed by atoms with Crippen LogP contribution in [-0.4, -0.2) is 49.2 Å². The molecule has 1 saturated heterocycles. The number of nitrogens with zero attached hydrogens (tertiary/aromatic N) is 1. The van der Waals surface area contributed by atoms with E-state index in [4.69, 9.17) is 4.74 Å². The standard InChI is InChI=1S/C12H24N2O2/c1-11(2,3)16-10(15)12(14(4)5)6-8-13-9-7-12/h13H,6-9H2,1-5H3. The molecule has 0 radical (unpaired) electrons. The summed E-state index contributed by atoms with van der Waals surface area (Å²) in [5, 5.41) is 3.28. The first-order valence-electron chi connectivity index (χ1n) is 5.89. The Balaban J connectivity index is 2.81. The molecule has 0 spiro atoms. The van der Waals surface area contributed by atoms with Gasteiger partial charge >= 0.3 is 5.97 Å². The predicted molar refractivity (Wildman–Crippen MR) is 64.4 cm³/mol. The zero-order valence-electron chi connectivity index (χ0n) is 11.1. The van der Waals surface area contributed by atoms with Crippen molar-refractivity contribution in [1.29, 1.82) is 0 Å². The number of hydrogen-bond acceptors (Lipinski definition) is 4. The summed E-state index contributed by atoms with van der Waals surface area (Å²) in [6.07, 6.45) is 1.63. The van der Waals surface area contributed by atoms with Gasteiger partial charge in [-0.3, -0.25) is 9.69 Å². The molecule has 4 heteroatoms. The van der Waals surface area contributed by atoms with Crippen molar-refractivity contribution in [3.05, 3.63) is 0 Å². The van der Waals surface area contributed by atoms with E-state index in [0.717, 1.165) is 25.9 Å². The van der Waals surface area contributed by atoms with Crippen LogP contribution in [0.3, 0.4) is 0 Å². The Morgan fingerprint density at radius 1 is 1.25 bits per heavy atom. The Bertz CT molecular complexity index is 250. The summed E-state index contributed by atoms with van der Waals surface area (Å²) < 4.78 is 5.53. The molecule has 1 rings (SSSR count). The second-order valence-corrected chi connectivity index (χ2v) is 5.68. The lowest BCUT2D eigenvalue weighted by Crippen LogP contribution is -2.58. The van der Waals surface area contributed by atoms with E-state index in [9.17, 15) is 4.79 Å². The van der Waals surface area contributed by atoms with E-state index in [2.05, 4.69) is 5.32 Å². The van der Waals surface area contributed by atoms with Crippen molar-refractivity contribution in [2.24, 2.45) is 0 Å². The van der Waals surface area contributed by atoms with Crippen LogP contribution in [-0.2, 0) is 9.53 Å². The van der Waals surface area contributed by atoms with Gasteiger partial charge in [-0.05, 0) is 60.8 Å². The van der Waals surface area contributed by atoms with Gasteiger partial charge in [-0.2, -0.15) is 0 Å². The third-order valence-electron chi connectivity index (χ3n) is 3.07. The average Bonchev–Trinajstić information content (AvgIpc) is 2.16. The monoisotopic (exact) mass is 228 g/mol. The maximum atomic E-state index is 12.3. The summed E-state index contributed by atoms with van der Waals surface area (Å²) in [7, 11) is 3.91. The Morgan fingerprint density at radius 2 is 1.75 bits per heavy atom. The van der Waals surface area contributed by atoms with Gasteiger partial charge in [-0.1, -0.05) is 0 Å². The normalized spacial score (nSPS) is 20.9. The minimum atomic E-state index is -0.446. The minimum absolute atomic E-state index is 0.0912. The van der Waals surface area contributed by atoms with Gasteiger partial charge < -0.3 is 10.1 Å². The number of likely N-dealkylation sites (N-methyl/N-ethyl adjacent to an activating group) is 1. The number of esters is 1. The molecule has 0 aromatic rings. The molecule has 1 N–H and O–H groups in total. The maximum absolute atomic E-state index is 12.3. The van der Waals surface area contributed by atoms with Gasteiger partial charge in [-0.25, -0.2) is 0 Å². The lowest BCUT2D eigenvalue weighted by molar-refractivity contribution is -0.170. The Hall–Kier alpha value is -0.610. The van der Waals surface area contributed by atoms with Gasteiger partial charge in [0.2, 0.25) is 0 Å². The lowest BCUT2D eigenvalue weighted by atomic mass is 9.87. The lowest BCUT2D eigenvalue weighted by Gasteiger charge is -2.42. The van der Waals surface area contributed by atoms with Crippen LogP contribution in [0.25, 0.3) is 0 Å². The molecule has 0 unspecified atom stereocenters. The number of hydrogen-bond donors (Lipinski definition) is 1. The van der Waals surface area contributed by atoms with E-state index < -0.39 is 11.1 Å². The molecular weight excluding hydrogens is 204 g/mol. The molecule has 1 aliphatic rings. The highest BCUT2D eigenvalue weighted by molar-refractivity contribution is 5.81. The van der Waals surface area contributed by atoms with Crippen molar-refractivity contribution < 1.29 is 9.53 Å². The first-order valence-corrected chi connectivity index (χ1v) is 5.89. The number of carbonyl (C=O) groups excluding carboxylic acids is 1. The molecule has 0 bridgehead atoms. The van der Waals surface area contributed by atoms with Gasteiger partial charge in [0, 0.05) is 0 Å². The van der Waals surface area contributed by atoms with Crippen LogP contribution in [0.15, 0.2) is 0 Å². The van der Waals surface area contributed by atoms with E-state index in [1.807, 2.05) is 39.8 Å². The summed E-state index contributed by atoms with van der Waals surface area (Å²) in [6.45, 7) is 7.48. The smallest absolute Gasteiger partial charge is 0.327 e. The van der Waals surface area contributed by atoms with Crippen LogP contribution in [0.1, 0.15) is 33.6 Å². The number of nitrogens with one attached hydrogen (secondary N) is 1. The third-order valence-corrected chi connectivity index (χ3v) is 3.07. The fraction of sp³-hybridized carbons (Fsp3) is 0.917. The fourth-order valence-corrected chi connectivity index (χ4v) is 2.05. The van der Waals surface area contributed by atoms with Gasteiger partial charge in [0.1, 0.15) is 11.1 Å². The molecule has 0 atom stereocenters. The molecule has 94 valence electrons. The first-order chi connectivity index (χ1) is 7.28. The summed E-state index contributed by atoms with van der Waals surface area (Å²) in [5.74, 6) is -0.0912. The van der Waals surface area contributed by atoms with Crippen LogP contribution in [0.2, 0.25) is 0 Å². The summed E-state index contributed by atoms with van der Waals surface area (Å²) in [6, 6.07) is 0. The maximum Gasteiger partial charge on any atom is 0.327 e. The third kappa shape index (κ3) is 2.95. The average molecular weight is 228 g/mol. The molecular formula is C12H24N2O2. The number of carbonyl (C=O) groups is 1. The molecule has 16 heavy (non-hydrogen) atoms. The van der Waals surface area contributed by atoms with Crippen LogP contribution >= 0.6 is 0 Å². The molecule has 1 heterocycles. The van der Waals surface area contributed by atoms with Gasteiger partial charge in [-0.15, -0.1) is 0 Å². The van der Waals surface area contributed by atoms with Gasteiger partial charge in [0.05, 0.1) is 0 Å². The van der Waals surface area contributed by atoms with E-state index in [1.54, 1.807) is 0 Å². The molecule has 1 aliphatic heterocycles. The molecule has 0 aromatic carbocycles. The second-order valence-electron chi connectivity index (χ2n) is 5.68. The highest BCUT2D eigenvalue weighted by Crippen LogP contribution is 2.27. The summed E-state index contributed by atoms with van der Waals surface area (Å²) in [4.78, 5) is 14.3. The molecule has 0 saturated carbocycles. The molecule has 0 amide bonds. The Labute approximate surface area is 98.3 Å². The van der Waals surface area contributed by atoms with Crippen LogP contribution < -0.4 is 5.32 Å². The Kier molecular flexibility index (Phi) is 3.97. The largest absolute Gasteiger partial charge is 0.459 e. The zero-order valence-corrected chi connectivity index (χ0v) is 11.1. The molecule has 4 nitrogen and oxygen atoms in total. The summed E-state index contributed by atoms with van der Waals surface area (Å²) >= 11 is 0. The van der Waals surface area contributed by atoms with E-state index in [0.29, 0.717) is 0 Å². The van der Waals surface area contributed by atoms with Crippen molar-refractivity contribution in [3.63, 3.8) is 0 Å². The quantitative estimate of drug-likeness (QED) is 0.716. The molecule has 1 fully saturated rings. The SMILES string of the molecule is CN(C)C1(C(=O)OC(C)(C)C)CCNCC1. The van der Waals surface area contributed by atoms with Crippen LogP contribution in [0.4, 0.5) is 0 Å². The van der Waals surface area contributed by atoms with Gasteiger partial charge in [0.25, 0.3) is 0 Å². The highest BCUT2D eigenvalue weighted by Gasteiger charge is 2.44. The van der Waals surface area contributed by atoms with E-state index in [1.165, 1.54) is 0 Å². The van der Waals surface area contributed by atoms with Crippen molar-refractivity contribution in [2.45, 2.75) is 44.8 Å². The first kappa shape index (κ1) is 13.5. The topological polar surface area (TPSA) is 41.6 Å². The molecule has 0 aliphatic carbocycles. The highest BCUT2D eigenvalue weighted by atomic mass is 16.6. The van der Waals surface area contributed by atoms with Crippen LogP contribution in [0, 0.1) is 0 Å². The predicted octanol–water partition coefficient (Wildman–Crippen LogP) is 1.01. The van der Waals surface area contributed by atoms with E-state index in [-0.39, 0.29) is 5.97 Å². The van der Waals surface area contributed by atoms with Crippen molar-refractivity contribution in [2.75, 3.05) is 27.2 Å². The van der Waals surface area contributed by atoms with Gasteiger partial charge in [0.15, 0.2) is 0 Å². The van der Waals surface area contributed by atoms with E-state index >= 15 is 0 Å². The van der Waals surface area contributed by atoms with Crippen LogP contribution in [0.5, 0.6) is 0 Å². The van der Waals surface area contributed by atoms with Crippen molar-refractivity contribution >= 4 is 5.97 Å². The minimum Gasteiger partial charge on any atom is -0.459 e. The number of rotatable bonds is 2. The number of piperidine rings is 1. The summed E-state index contributed by atoms with van der Waals surface area (Å²) in [5.41, 5.74) is -0.858. The zero-order chi connectivity index (χ0) is 12.4. The van der Waals surface area contributed by atoms with Crippen molar-refractivity contribution in [1.82, 2.24) is 10.2 Å². The Morgan fingerprint density at radius 3 is 2.12 bits per heavy atom. The second kappa shape index (κ2) is 4.72. The number of ether oxygens (including phenoxy) is 1. The van der Waals surface area contributed by atoms with Crippen molar-refractivity contribution in [3.8, 4) is 0 Å².